The summed E-state index contributed by atoms with van der Waals surface area (Å²) < 4.78 is 0. The third-order valence-corrected chi connectivity index (χ3v) is 2.93. The molecule has 1 fully saturated rings. The van der Waals surface area contributed by atoms with Gasteiger partial charge >= 0.3 is 0 Å². The molecule has 0 spiro atoms. The van der Waals surface area contributed by atoms with E-state index in [1.54, 1.807) is 12.1 Å². The Morgan fingerprint density at radius 1 is 1.29 bits per heavy atom. The minimum absolute atomic E-state index is 0.599. The standard InChI is InChI=1S/C11H11ClN4O/c12-10-5-3-9(4-6-10)11-13-14-15-16(11)17-7-8-1-2-8/h3-6,8H,1-2,7H2. The van der Waals surface area contributed by atoms with Crippen LogP contribution < -0.4 is 4.84 Å². The Morgan fingerprint density at radius 3 is 2.76 bits per heavy atom. The maximum Gasteiger partial charge on any atom is 0.222 e. The van der Waals surface area contributed by atoms with E-state index < -0.39 is 0 Å². The highest BCUT2D eigenvalue weighted by molar-refractivity contribution is 6.30. The summed E-state index contributed by atoms with van der Waals surface area (Å²) in [4.78, 5) is 6.91. The van der Waals surface area contributed by atoms with Gasteiger partial charge in [0.05, 0.1) is 0 Å². The first-order valence-electron chi connectivity index (χ1n) is 5.50. The number of halogens is 1. The van der Waals surface area contributed by atoms with Crippen LogP contribution in [0.25, 0.3) is 11.4 Å². The Bertz CT molecular complexity index is 506. The summed E-state index contributed by atoms with van der Waals surface area (Å²) in [6.45, 7) is 0.672. The van der Waals surface area contributed by atoms with Crippen molar-refractivity contribution in [3.8, 4) is 11.4 Å². The normalized spacial score (nSPS) is 14.9. The Hall–Kier alpha value is -1.62. The number of aromatic nitrogens is 4. The summed E-state index contributed by atoms with van der Waals surface area (Å²) in [5, 5.41) is 12.1. The van der Waals surface area contributed by atoms with Gasteiger partial charge in [0, 0.05) is 10.6 Å². The van der Waals surface area contributed by atoms with Gasteiger partial charge in [-0.05, 0) is 53.5 Å². The largest absolute Gasteiger partial charge is 0.393 e. The number of benzene rings is 1. The fraction of sp³-hybridized carbons (Fsp3) is 0.364. The van der Waals surface area contributed by atoms with E-state index >= 15 is 0 Å². The summed E-state index contributed by atoms with van der Waals surface area (Å²) >= 11 is 5.83. The maximum atomic E-state index is 5.83. The van der Waals surface area contributed by atoms with E-state index in [1.807, 2.05) is 12.1 Å². The van der Waals surface area contributed by atoms with Crippen LogP contribution in [0, 0.1) is 5.92 Å². The van der Waals surface area contributed by atoms with Crippen molar-refractivity contribution in [3.05, 3.63) is 29.3 Å². The van der Waals surface area contributed by atoms with Gasteiger partial charge in [-0.25, -0.2) is 0 Å². The quantitative estimate of drug-likeness (QED) is 0.831. The predicted molar refractivity (Wildman–Crippen MR) is 62.4 cm³/mol. The minimum Gasteiger partial charge on any atom is -0.393 e. The van der Waals surface area contributed by atoms with Crippen LogP contribution in [-0.4, -0.2) is 27.0 Å². The number of hydrogen-bond acceptors (Lipinski definition) is 4. The van der Waals surface area contributed by atoms with E-state index in [2.05, 4.69) is 15.5 Å². The molecule has 0 aliphatic heterocycles. The average molecular weight is 251 g/mol. The maximum absolute atomic E-state index is 5.83. The first kappa shape index (κ1) is 10.5. The average Bonchev–Trinajstić information content (AvgIpc) is 3.06. The molecule has 17 heavy (non-hydrogen) atoms. The molecule has 2 aromatic rings. The lowest BCUT2D eigenvalue weighted by Crippen LogP contribution is -2.16. The second kappa shape index (κ2) is 4.33. The predicted octanol–water partition coefficient (Wildman–Crippen LogP) is 1.83. The van der Waals surface area contributed by atoms with Gasteiger partial charge in [0.1, 0.15) is 6.61 Å². The van der Waals surface area contributed by atoms with Crippen LogP contribution in [0.15, 0.2) is 24.3 Å². The lowest BCUT2D eigenvalue weighted by Gasteiger charge is -2.05. The molecule has 1 aromatic heterocycles. The lowest BCUT2D eigenvalue weighted by atomic mass is 10.2. The molecule has 6 heteroatoms. The van der Waals surface area contributed by atoms with Gasteiger partial charge in [0.25, 0.3) is 0 Å². The molecule has 1 aliphatic rings. The van der Waals surface area contributed by atoms with Crippen molar-refractivity contribution in [1.82, 2.24) is 20.4 Å². The summed E-state index contributed by atoms with van der Waals surface area (Å²) in [6, 6.07) is 7.34. The molecule has 0 N–H and O–H groups in total. The molecule has 88 valence electrons. The summed E-state index contributed by atoms with van der Waals surface area (Å²) in [6.07, 6.45) is 2.47. The van der Waals surface area contributed by atoms with Crippen LogP contribution in [0.4, 0.5) is 0 Å². The molecule has 5 nitrogen and oxygen atoms in total. The highest BCUT2D eigenvalue weighted by Crippen LogP contribution is 2.28. The molecule has 0 atom stereocenters. The van der Waals surface area contributed by atoms with Crippen LogP contribution in [0.2, 0.25) is 5.02 Å². The Balaban J connectivity index is 1.81. The molecule has 0 radical (unpaired) electrons. The topological polar surface area (TPSA) is 52.8 Å². The van der Waals surface area contributed by atoms with Gasteiger partial charge in [-0.15, -0.1) is 5.10 Å². The molecule has 3 rings (SSSR count). The van der Waals surface area contributed by atoms with Crippen LogP contribution >= 0.6 is 11.6 Å². The van der Waals surface area contributed by atoms with E-state index in [4.69, 9.17) is 16.4 Å². The number of hydrogen-bond donors (Lipinski definition) is 0. The highest BCUT2D eigenvalue weighted by Gasteiger charge is 2.23. The van der Waals surface area contributed by atoms with Crippen LogP contribution in [0.5, 0.6) is 0 Å². The Labute approximate surface area is 103 Å². The van der Waals surface area contributed by atoms with E-state index in [0.29, 0.717) is 23.4 Å². The number of rotatable bonds is 4. The molecule has 0 unspecified atom stereocenters. The fourth-order valence-electron chi connectivity index (χ4n) is 1.49. The van der Waals surface area contributed by atoms with Gasteiger partial charge in [0.2, 0.25) is 5.82 Å². The Morgan fingerprint density at radius 2 is 2.06 bits per heavy atom. The van der Waals surface area contributed by atoms with Crippen LogP contribution in [-0.2, 0) is 0 Å². The van der Waals surface area contributed by atoms with Crippen molar-refractivity contribution in [2.75, 3.05) is 6.61 Å². The van der Waals surface area contributed by atoms with Crippen molar-refractivity contribution in [2.24, 2.45) is 5.92 Å². The third kappa shape index (κ3) is 2.39. The van der Waals surface area contributed by atoms with E-state index in [1.165, 1.54) is 17.7 Å². The van der Waals surface area contributed by atoms with Crippen molar-refractivity contribution in [3.63, 3.8) is 0 Å². The van der Waals surface area contributed by atoms with Crippen molar-refractivity contribution < 1.29 is 4.84 Å². The molecule has 1 heterocycles. The molecule has 0 bridgehead atoms. The zero-order chi connectivity index (χ0) is 11.7. The van der Waals surface area contributed by atoms with Crippen molar-refractivity contribution >= 4 is 11.6 Å². The minimum atomic E-state index is 0.599. The Kier molecular flexibility index (Phi) is 2.68. The van der Waals surface area contributed by atoms with Crippen molar-refractivity contribution in [2.45, 2.75) is 12.8 Å². The molecule has 1 aromatic carbocycles. The van der Waals surface area contributed by atoms with Gasteiger partial charge in [-0.2, -0.15) is 0 Å². The SMILES string of the molecule is Clc1ccc(-c2nnnn2OCC2CC2)cc1. The summed E-state index contributed by atoms with van der Waals surface area (Å²) in [7, 11) is 0. The highest BCUT2D eigenvalue weighted by atomic mass is 35.5. The second-order valence-corrected chi connectivity index (χ2v) is 4.56. The van der Waals surface area contributed by atoms with Gasteiger partial charge in [0.15, 0.2) is 0 Å². The third-order valence-electron chi connectivity index (χ3n) is 2.67. The van der Waals surface area contributed by atoms with E-state index in [9.17, 15) is 0 Å². The molecule has 1 saturated carbocycles. The van der Waals surface area contributed by atoms with Crippen LogP contribution in [0.1, 0.15) is 12.8 Å². The molecule has 0 saturated heterocycles. The molecular weight excluding hydrogens is 240 g/mol. The van der Waals surface area contributed by atoms with Gasteiger partial charge in [-0.1, -0.05) is 16.4 Å². The van der Waals surface area contributed by atoms with E-state index in [-0.39, 0.29) is 0 Å². The smallest absolute Gasteiger partial charge is 0.222 e. The number of nitrogens with zero attached hydrogens (tertiary/aromatic N) is 4. The fourth-order valence-corrected chi connectivity index (χ4v) is 1.62. The summed E-state index contributed by atoms with van der Waals surface area (Å²) in [5.74, 6) is 1.26. The number of tetrazole rings is 1. The first-order chi connectivity index (χ1) is 8.33. The van der Waals surface area contributed by atoms with Crippen molar-refractivity contribution in [1.29, 1.82) is 0 Å². The second-order valence-electron chi connectivity index (χ2n) is 4.12. The summed E-state index contributed by atoms with van der Waals surface area (Å²) in [5.41, 5.74) is 0.884. The first-order valence-corrected chi connectivity index (χ1v) is 5.88. The molecular formula is C11H11ClN4O. The molecule has 1 aliphatic carbocycles. The zero-order valence-electron chi connectivity index (χ0n) is 9.08. The van der Waals surface area contributed by atoms with Gasteiger partial charge < -0.3 is 4.84 Å². The lowest BCUT2D eigenvalue weighted by molar-refractivity contribution is 0.0741. The van der Waals surface area contributed by atoms with E-state index in [0.717, 1.165) is 5.56 Å². The van der Waals surface area contributed by atoms with Gasteiger partial charge in [-0.3, -0.25) is 0 Å². The van der Waals surface area contributed by atoms with Crippen LogP contribution in [0.3, 0.4) is 0 Å². The monoisotopic (exact) mass is 250 g/mol. The molecule has 0 amide bonds. The zero-order valence-corrected chi connectivity index (χ0v) is 9.84.